The number of ether oxygens (including phenoxy) is 2. The highest BCUT2D eigenvalue weighted by atomic mass is 16.5. The molecular weight excluding hydrogens is 406 g/mol. The average molecular weight is 429 g/mol. The standard InChI is InChI=1S/C24H23N5O3/c1-4-32-22-12-5-16-15-28(19-8-11-21-17(13-19)14-27(2)26-21)24(30)29(23(16)25-22)18-6-9-20(31-3)10-7-18/h5-14H,4,15H2,1-3H3. The van der Waals surface area contributed by atoms with E-state index in [0.29, 0.717) is 36.3 Å². The van der Waals surface area contributed by atoms with Crippen molar-refractivity contribution in [2.24, 2.45) is 7.05 Å². The second-order valence-corrected chi connectivity index (χ2v) is 7.51. The lowest BCUT2D eigenvalue weighted by Crippen LogP contribution is -2.45. The van der Waals surface area contributed by atoms with Crippen LogP contribution in [-0.2, 0) is 13.6 Å². The maximum absolute atomic E-state index is 13.8. The first-order valence-corrected chi connectivity index (χ1v) is 10.4. The summed E-state index contributed by atoms with van der Waals surface area (Å²) in [6, 6.07) is 16.8. The fourth-order valence-corrected chi connectivity index (χ4v) is 3.92. The van der Waals surface area contributed by atoms with Gasteiger partial charge in [0.15, 0.2) is 0 Å². The maximum atomic E-state index is 13.8. The molecule has 0 saturated heterocycles. The van der Waals surface area contributed by atoms with Crippen LogP contribution in [0, 0.1) is 0 Å². The molecule has 1 aliphatic heterocycles. The van der Waals surface area contributed by atoms with Crippen LogP contribution in [0.25, 0.3) is 10.9 Å². The van der Waals surface area contributed by atoms with Crippen LogP contribution >= 0.6 is 0 Å². The topological polar surface area (TPSA) is 72.7 Å². The van der Waals surface area contributed by atoms with E-state index < -0.39 is 0 Å². The fraction of sp³-hybridized carbons (Fsp3) is 0.208. The Balaban J connectivity index is 1.62. The molecule has 5 rings (SSSR count). The molecule has 0 spiro atoms. The van der Waals surface area contributed by atoms with Gasteiger partial charge in [0.1, 0.15) is 11.6 Å². The number of rotatable bonds is 5. The van der Waals surface area contributed by atoms with Gasteiger partial charge in [0.2, 0.25) is 5.88 Å². The van der Waals surface area contributed by atoms with Crippen LogP contribution in [0.1, 0.15) is 12.5 Å². The maximum Gasteiger partial charge on any atom is 0.335 e. The largest absolute Gasteiger partial charge is 0.497 e. The van der Waals surface area contributed by atoms with Gasteiger partial charge in [0.25, 0.3) is 0 Å². The van der Waals surface area contributed by atoms with Gasteiger partial charge in [-0.15, -0.1) is 0 Å². The molecule has 2 amide bonds. The van der Waals surface area contributed by atoms with E-state index in [4.69, 9.17) is 9.47 Å². The van der Waals surface area contributed by atoms with Crippen molar-refractivity contribution in [1.82, 2.24) is 14.8 Å². The highest BCUT2D eigenvalue weighted by Crippen LogP contribution is 2.37. The van der Waals surface area contributed by atoms with Crippen LogP contribution in [0.2, 0.25) is 0 Å². The number of carbonyl (C=O) groups excluding carboxylic acids is 1. The van der Waals surface area contributed by atoms with E-state index in [1.807, 2.05) is 74.8 Å². The molecule has 2 aromatic carbocycles. The SMILES string of the molecule is CCOc1ccc2c(n1)N(c1ccc(OC)cc1)C(=O)N(c1ccc3nn(C)cc3c1)C2. The van der Waals surface area contributed by atoms with Crippen molar-refractivity contribution in [3.8, 4) is 11.6 Å². The summed E-state index contributed by atoms with van der Waals surface area (Å²) in [6.07, 6.45) is 1.94. The number of carbonyl (C=O) groups is 1. The number of amides is 2. The fourth-order valence-electron chi connectivity index (χ4n) is 3.92. The van der Waals surface area contributed by atoms with Crippen molar-refractivity contribution >= 4 is 34.1 Å². The Morgan fingerprint density at radius 1 is 1.03 bits per heavy atom. The molecule has 1 aliphatic rings. The zero-order valence-electron chi connectivity index (χ0n) is 18.1. The van der Waals surface area contributed by atoms with Crippen LogP contribution in [0.15, 0.2) is 60.8 Å². The molecule has 0 aliphatic carbocycles. The van der Waals surface area contributed by atoms with Crippen molar-refractivity contribution in [2.75, 3.05) is 23.5 Å². The summed E-state index contributed by atoms with van der Waals surface area (Å²) >= 11 is 0. The van der Waals surface area contributed by atoms with Crippen molar-refractivity contribution < 1.29 is 14.3 Å². The van der Waals surface area contributed by atoms with Gasteiger partial charge in [0.05, 0.1) is 31.5 Å². The number of methoxy groups -OCH3 is 1. The number of urea groups is 1. The minimum atomic E-state index is -0.188. The molecule has 3 heterocycles. The number of pyridine rings is 1. The summed E-state index contributed by atoms with van der Waals surface area (Å²) in [5, 5.41) is 5.40. The Bertz CT molecular complexity index is 1300. The summed E-state index contributed by atoms with van der Waals surface area (Å²) in [7, 11) is 3.50. The molecule has 0 N–H and O–H groups in total. The molecule has 2 aromatic heterocycles. The first-order valence-electron chi connectivity index (χ1n) is 10.4. The van der Waals surface area contributed by atoms with Gasteiger partial charge in [-0.25, -0.2) is 9.69 Å². The van der Waals surface area contributed by atoms with Gasteiger partial charge < -0.3 is 9.47 Å². The molecule has 4 aromatic rings. The number of hydrogen-bond donors (Lipinski definition) is 0. The summed E-state index contributed by atoms with van der Waals surface area (Å²) < 4.78 is 12.6. The van der Waals surface area contributed by atoms with E-state index in [1.165, 1.54) is 0 Å². The van der Waals surface area contributed by atoms with E-state index in [-0.39, 0.29) is 6.03 Å². The van der Waals surface area contributed by atoms with Crippen molar-refractivity contribution in [1.29, 1.82) is 0 Å². The molecule has 0 fully saturated rings. The molecule has 0 radical (unpaired) electrons. The molecule has 0 unspecified atom stereocenters. The molecule has 8 heteroatoms. The third-order valence-electron chi connectivity index (χ3n) is 5.43. The molecule has 0 bridgehead atoms. The van der Waals surface area contributed by atoms with Gasteiger partial charge in [-0.2, -0.15) is 10.1 Å². The molecule has 0 atom stereocenters. The Hall–Kier alpha value is -4.07. The van der Waals surface area contributed by atoms with Crippen LogP contribution in [0.4, 0.5) is 22.0 Å². The smallest absolute Gasteiger partial charge is 0.335 e. The first-order chi connectivity index (χ1) is 15.6. The number of anilines is 3. The van der Waals surface area contributed by atoms with Crippen LogP contribution < -0.4 is 19.3 Å². The van der Waals surface area contributed by atoms with Crippen molar-refractivity contribution in [2.45, 2.75) is 13.5 Å². The third kappa shape index (κ3) is 3.39. The van der Waals surface area contributed by atoms with E-state index in [2.05, 4.69) is 10.1 Å². The quantitative estimate of drug-likeness (QED) is 0.462. The molecule has 162 valence electrons. The zero-order chi connectivity index (χ0) is 22.2. The van der Waals surface area contributed by atoms with Gasteiger partial charge in [-0.3, -0.25) is 9.58 Å². The average Bonchev–Trinajstić information content (AvgIpc) is 3.18. The van der Waals surface area contributed by atoms with E-state index >= 15 is 0 Å². The Morgan fingerprint density at radius 2 is 1.81 bits per heavy atom. The van der Waals surface area contributed by atoms with Gasteiger partial charge in [-0.05, 0) is 55.5 Å². The number of nitrogens with zero attached hydrogens (tertiary/aromatic N) is 5. The van der Waals surface area contributed by atoms with Crippen molar-refractivity contribution in [3.05, 3.63) is 66.4 Å². The Morgan fingerprint density at radius 3 is 2.56 bits per heavy atom. The number of fused-ring (bicyclic) bond motifs is 2. The third-order valence-corrected chi connectivity index (χ3v) is 5.43. The second kappa shape index (κ2) is 7.88. The Kier molecular flexibility index (Phi) is 4.89. The van der Waals surface area contributed by atoms with Gasteiger partial charge >= 0.3 is 6.03 Å². The molecule has 0 saturated carbocycles. The van der Waals surface area contributed by atoms with E-state index in [0.717, 1.165) is 22.2 Å². The second-order valence-electron chi connectivity index (χ2n) is 7.51. The molecule has 32 heavy (non-hydrogen) atoms. The Labute approximate surface area is 185 Å². The highest BCUT2D eigenvalue weighted by Gasteiger charge is 2.34. The predicted molar refractivity (Wildman–Crippen MR) is 123 cm³/mol. The lowest BCUT2D eigenvalue weighted by Gasteiger charge is -2.36. The van der Waals surface area contributed by atoms with Crippen LogP contribution in [0.5, 0.6) is 11.6 Å². The minimum absolute atomic E-state index is 0.188. The first kappa shape index (κ1) is 19.9. The summed E-state index contributed by atoms with van der Waals surface area (Å²) in [5.41, 5.74) is 3.31. The number of benzene rings is 2. The lowest BCUT2D eigenvalue weighted by molar-refractivity contribution is 0.252. The van der Waals surface area contributed by atoms with Crippen LogP contribution in [0.3, 0.4) is 0 Å². The van der Waals surface area contributed by atoms with Crippen LogP contribution in [-0.4, -0.2) is 34.5 Å². The summed E-state index contributed by atoms with van der Waals surface area (Å²) in [6.45, 7) is 2.81. The summed E-state index contributed by atoms with van der Waals surface area (Å²) in [4.78, 5) is 21.8. The van der Waals surface area contributed by atoms with Gasteiger partial charge in [-0.1, -0.05) is 0 Å². The minimum Gasteiger partial charge on any atom is -0.497 e. The summed E-state index contributed by atoms with van der Waals surface area (Å²) in [5.74, 6) is 1.78. The van der Waals surface area contributed by atoms with Crippen molar-refractivity contribution in [3.63, 3.8) is 0 Å². The molecular formula is C24H23N5O3. The highest BCUT2D eigenvalue weighted by molar-refractivity contribution is 6.10. The number of aromatic nitrogens is 3. The predicted octanol–water partition coefficient (Wildman–Crippen LogP) is 4.65. The number of hydrogen-bond acceptors (Lipinski definition) is 5. The zero-order valence-corrected chi connectivity index (χ0v) is 18.1. The molecule has 8 nitrogen and oxygen atoms in total. The monoisotopic (exact) mass is 429 g/mol. The van der Waals surface area contributed by atoms with E-state index in [9.17, 15) is 4.79 Å². The van der Waals surface area contributed by atoms with E-state index in [1.54, 1.807) is 21.6 Å². The number of aryl methyl sites for hydroxylation is 1. The lowest BCUT2D eigenvalue weighted by atomic mass is 10.1. The van der Waals surface area contributed by atoms with Gasteiger partial charge in [0, 0.05) is 35.9 Å². The normalized spacial score (nSPS) is 13.4.